The van der Waals surface area contributed by atoms with E-state index < -0.39 is 0 Å². The molecule has 5 N–H and O–H groups in total. The molecule has 0 radical (unpaired) electrons. The highest BCUT2D eigenvalue weighted by molar-refractivity contribution is 5.32. The molecule has 92 valence electrons. The monoisotopic (exact) mass is 225 g/mol. The zero-order valence-electron chi connectivity index (χ0n) is 9.97. The molecule has 1 heterocycles. The first-order valence-corrected chi connectivity index (χ1v) is 5.65. The van der Waals surface area contributed by atoms with Gasteiger partial charge < -0.3 is 16.6 Å². The Labute approximate surface area is 97.7 Å². The quantitative estimate of drug-likeness (QED) is 0.625. The van der Waals surface area contributed by atoms with Gasteiger partial charge in [0, 0.05) is 25.5 Å². The van der Waals surface area contributed by atoms with Crippen LogP contribution in [0.2, 0.25) is 0 Å². The Balaban J connectivity index is 0.000000244. The van der Waals surface area contributed by atoms with Crippen LogP contribution in [0.15, 0.2) is 24.5 Å². The zero-order chi connectivity index (χ0) is 12.2. The van der Waals surface area contributed by atoms with Gasteiger partial charge in [0.15, 0.2) is 0 Å². The number of hydrogen-bond acceptors (Lipinski definition) is 4. The fourth-order valence-corrected chi connectivity index (χ4v) is 1.51. The van der Waals surface area contributed by atoms with Crippen LogP contribution in [-0.2, 0) is 0 Å². The number of hydrogen-bond donors (Lipinski definition) is 3. The van der Waals surface area contributed by atoms with E-state index in [-0.39, 0.29) is 0 Å². The van der Waals surface area contributed by atoms with Crippen LogP contribution >= 0.6 is 0 Å². The van der Waals surface area contributed by atoms with E-state index >= 15 is 0 Å². The van der Waals surface area contributed by atoms with Crippen molar-refractivity contribution in [1.82, 2.24) is 4.98 Å². The molecule has 16 heavy (non-hydrogen) atoms. The first-order valence-electron chi connectivity index (χ1n) is 5.65. The molecule has 0 spiro atoms. The Morgan fingerprint density at radius 3 is 2.12 bits per heavy atom. The number of aliphatic hydroxyl groups excluding tert-OH is 1. The van der Waals surface area contributed by atoms with E-state index in [1.54, 1.807) is 24.5 Å². The smallest absolute Gasteiger partial charge is 0.0500 e. The summed E-state index contributed by atoms with van der Waals surface area (Å²) in [4.78, 5) is 3.76. The molecule has 4 nitrogen and oxygen atoms in total. The number of rotatable bonds is 0. The number of pyridine rings is 1. The van der Waals surface area contributed by atoms with Crippen LogP contribution in [0.25, 0.3) is 0 Å². The minimum Gasteiger partial charge on any atom is -0.400 e. The summed E-state index contributed by atoms with van der Waals surface area (Å²) < 4.78 is 0. The molecule has 1 aliphatic rings. The molecule has 1 aromatic rings. The summed E-state index contributed by atoms with van der Waals surface area (Å²) in [6.07, 6.45) is 9.96. The molecule has 0 unspecified atom stereocenters. The summed E-state index contributed by atoms with van der Waals surface area (Å²) in [6, 6.07) is 4.14. The van der Waals surface area contributed by atoms with Crippen molar-refractivity contribution in [3.8, 4) is 0 Å². The largest absolute Gasteiger partial charge is 0.400 e. The molecule has 0 saturated heterocycles. The Bertz CT molecular complexity index is 235. The van der Waals surface area contributed by atoms with Crippen molar-refractivity contribution in [2.24, 2.45) is 5.73 Å². The number of nitrogen functional groups attached to an aromatic ring is 1. The van der Waals surface area contributed by atoms with Crippen molar-refractivity contribution in [3.63, 3.8) is 0 Å². The van der Waals surface area contributed by atoms with E-state index in [1.165, 1.54) is 32.1 Å². The predicted octanol–water partition coefficient (Wildman–Crippen LogP) is 1.55. The van der Waals surface area contributed by atoms with Gasteiger partial charge in [-0.05, 0) is 25.0 Å². The lowest BCUT2D eigenvalue weighted by Crippen LogP contribution is -2.22. The van der Waals surface area contributed by atoms with E-state index in [0.29, 0.717) is 11.7 Å². The van der Waals surface area contributed by atoms with E-state index in [0.717, 1.165) is 7.11 Å². The van der Waals surface area contributed by atoms with Crippen molar-refractivity contribution < 1.29 is 5.11 Å². The summed E-state index contributed by atoms with van der Waals surface area (Å²) in [5.41, 5.74) is 11.6. The van der Waals surface area contributed by atoms with Gasteiger partial charge in [-0.1, -0.05) is 19.3 Å². The predicted molar refractivity (Wildman–Crippen MR) is 67.9 cm³/mol. The van der Waals surface area contributed by atoms with Gasteiger partial charge in [0.2, 0.25) is 0 Å². The zero-order valence-corrected chi connectivity index (χ0v) is 9.97. The molecule has 0 bridgehead atoms. The van der Waals surface area contributed by atoms with Crippen LogP contribution in [0.3, 0.4) is 0 Å². The Morgan fingerprint density at radius 1 is 1.25 bits per heavy atom. The minimum atomic E-state index is 0.536. The molecule has 0 aliphatic heterocycles. The Morgan fingerprint density at radius 2 is 1.88 bits per heavy atom. The third kappa shape index (κ3) is 8.20. The topological polar surface area (TPSA) is 85.2 Å². The van der Waals surface area contributed by atoms with Crippen molar-refractivity contribution >= 4 is 5.69 Å². The summed E-state index contributed by atoms with van der Waals surface area (Å²) in [6.45, 7) is 0. The molecule has 1 aliphatic carbocycles. The highest BCUT2D eigenvalue weighted by Gasteiger charge is 2.06. The van der Waals surface area contributed by atoms with Crippen LogP contribution in [-0.4, -0.2) is 23.2 Å². The van der Waals surface area contributed by atoms with Crippen molar-refractivity contribution in [3.05, 3.63) is 24.5 Å². The third-order valence-corrected chi connectivity index (χ3v) is 2.33. The van der Waals surface area contributed by atoms with Gasteiger partial charge in [-0.2, -0.15) is 0 Å². The molecule has 0 aromatic carbocycles. The third-order valence-electron chi connectivity index (χ3n) is 2.33. The standard InChI is InChI=1S/C6H13N.C5H6N2.CH4O/c7-6-4-2-1-3-5-6;6-5-2-1-3-7-4-5;1-2/h6H,1-5,7H2;1-4H,6H2;2H,1H3. The summed E-state index contributed by atoms with van der Waals surface area (Å²) in [5, 5.41) is 7.00. The average Bonchev–Trinajstić information content (AvgIpc) is 2.34. The lowest BCUT2D eigenvalue weighted by atomic mass is 9.97. The Hall–Kier alpha value is -1.13. The summed E-state index contributed by atoms with van der Waals surface area (Å²) >= 11 is 0. The molecule has 1 fully saturated rings. The van der Waals surface area contributed by atoms with Gasteiger partial charge >= 0.3 is 0 Å². The number of aromatic nitrogens is 1. The molecule has 4 heteroatoms. The Kier molecular flexibility index (Phi) is 9.66. The lowest BCUT2D eigenvalue weighted by Gasteiger charge is -2.15. The van der Waals surface area contributed by atoms with Gasteiger partial charge in [0.1, 0.15) is 0 Å². The maximum Gasteiger partial charge on any atom is 0.0500 e. The van der Waals surface area contributed by atoms with Crippen LogP contribution in [0.4, 0.5) is 5.69 Å². The van der Waals surface area contributed by atoms with Crippen LogP contribution < -0.4 is 11.5 Å². The molecule has 1 aromatic heterocycles. The highest BCUT2D eigenvalue weighted by Crippen LogP contribution is 2.14. The van der Waals surface area contributed by atoms with Gasteiger partial charge in [-0.15, -0.1) is 0 Å². The maximum absolute atomic E-state index is 7.00. The fraction of sp³-hybridized carbons (Fsp3) is 0.583. The molecule has 0 amide bonds. The molecular weight excluding hydrogens is 202 g/mol. The van der Waals surface area contributed by atoms with Crippen LogP contribution in [0, 0.1) is 0 Å². The molecule has 1 saturated carbocycles. The second kappa shape index (κ2) is 10.4. The second-order valence-corrected chi connectivity index (χ2v) is 3.68. The maximum atomic E-state index is 7.00. The fourth-order valence-electron chi connectivity index (χ4n) is 1.51. The first-order chi connectivity index (χ1) is 7.79. The highest BCUT2D eigenvalue weighted by atomic mass is 16.2. The normalized spacial score (nSPS) is 15.2. The van der Waals surface area contributed by atoms with E-state index in [2.05, 4.69) is 4.98 Å². The van der Waals surface area contributed by atoms with Crippen molar-refractivity contribution in [2.75, 3.05) is 12.8 Å². The number of nitrogens with two attached hydrogens (primary N) is 2. The number of anilines is 1. The van der Waals surface area contributed by atoms with Crippen LogP contribution in [0.5, 0.6) is 0 Å². The van der Waals surface area contributed by atoms with Crippen LogP contribution in [0.1, 0.15) is 32.1 Å². The number of aliphatic hydroxyl groups is 1. The van der Waals surface area contributed by atoms with E-state index in [1.807, 2.05) is 0 Å². The van der Waals surface area contributed by atoms with Crippen molar-refractivity contribution in [2.45, 2.75) is 38.1 Å². The van der Waals surface area contributed by atoms with Gasteiger partial charge in [-0.25, -0.2) is 0 Å². The first kappa shape index (κ1) is 14.9. The molecule has 2 rings (SSSR count). The van der Waals surface area contributed by atoms with Gasteiger partial charge in [-0.3, -0.25) is 4.98 Å². The SMILES string of the molecule is CO.NC1CCCCC1.Nc1cccnc1. The summed E-state index contributed by atoms with van der Waals surface area (Å²) in [7, 11) is 1.00. The van der Waals surface area contributed by atoms with Gasteiger partial charge in [0.25, 0.3) is 0 Å². The van der Waals surface area contributed by atoms with E-state index in [9.17, 15) is 0 Å². The molecule has 0 atom stereocenters. The summed E-state index contributed by atoms with van der Waals surface area (Å²) in [5.74, 6) is 0. The second-order valence-electron chi connectivity index (χ2n) is 3.68. The van der Waals surface area contributed by atoms with E-state index in [4.69, 9.17) is 16.6 Å². The average molecular weight is 225 g/mol. The van der Waals surface area contributed by atoms with Gasteiger partial charge in [0.05, 0.1) is 5.69 Å². The lowest BCUT2D eigenvalue weighted by molar-refractivity contribution is 0.399. The molecular formula is C12H23N3O. The number of nitrogens with zero attached hydrogens (tertiary/aromatic N) is 1. The van der Waals surface area contributed by atoms with Crippen molar-refractivity contribution in [1.29, 1.82) is 0 Å². The minimum absolute atomic E-state index is 0.536.